The highest BCUT2D eigenvalue weighted by Gasteiger charge is 2.40. The van der Waals surface area contributed by atoms with Crippen LogP contribution in [0.2, 0.25) is 0 Å². The van der Waals surface area contributed by atoms with Gasteiger partial charge < -0.3 is 15.7 Å². The van der Waals surface area contributed by atoms with Crippen molar-refractivity contribution in [3.63, 3.8) is 0 Å². The molecule has 1 aliphatic heterocycles. The molecule has 1 aliphatic rings. The molecule has 1 heterocycles. The molecular weight excluding hydrogens is 196 g/mol. The first-order valence-corrected chi connectivity index (χ1v) is 5.26. The number of carboxylic acids is 1. The maximum absolute atomic E-state index is 11.9. The van der Waals surface area contributed by atoms with Gasteiger partial charge in [0.15, 0.2) is 0 Å². The van der Waals surface area contributed by atoms with Crippen molar-refractivity contribution in [3.05, 3.63) is 0 Å². The molecule has 0 spiro atoms. The van der Waals surface area contributed by atoms with Gasteiger partial charge in [-0.3, -0.25) is 9.59 Å². The zero-order valence-electron chi connectivity index (χ0n) is 9.17. The van der Waals surface area contributed by atoms with Gasteiger partial charge in [0.1, 0.15) is 6.04 Å². The van der Waals surface area contributed by atoms with Crippen LogP contribution >= 0.6 is 0 Å². The van der Waals surface area contributed by atoms with Crippen LogP contribution in [0.5, 0.6) is 0 Å². The van der Waals surface area contributed by atoms with Crippen molar-refractivity contribution in [3.8, 4) is 0 Å². The number of amides is 1. The Kier molecular flexibility index (Phi) is 3.68. The van der Waals surface area contributed by atoms with Gasteiger partial charge in [-0.25, -0.2) is 0 Å². The molecule has 1 saturated heterocycles. The fourth-order valence-corrected chi connectivity index (χ4v) is 1.81. The van der Waals surface area contributed by atoms with Gasteiger partial charge in [-0.05, 0) is 26.3 Å². The number of hydrogen-bond donors (Lipinski definition) is 3. The molecule has 86 valence electrons. The van der Waals surface area contributed by atoms with E-state index in [4.69, 9.17) is 5.11 Å². The number of aliphatic carboxylic acids is 1. The lowest BCUT2D eigenvalue weighted by atomic mass is 9.83. The predicted octanol–water partition coefficient (Wildman–Crippen LogP) is -0.0346. The van der Waals surface area contributed by atoms with Crippen molar-refractivity contribution in [2.45, 2.75) is 32.7 Å². The molecular formula is C10H18N2O3. The van der Waals surface area contributed by atoms with E-state index in [1.165, 1.54) is 6.92 Å². The van der Waals surface area contributed by atoms with Crippen molar-refractivity contribution < 1.29 is 14.7 Å². The van der Waals surface area contributed by atoms with Crippen LogP contribution in [0, 0.1) is 5.41 Å². The predicted molar refractivity (Wildman–Crippen MR) is 55.5 cm³/mol. The smallest absolute Gasteiger partial charge is 0.325 e. The third-order valence-corrected chi connectivity index (χ3v) is 3.12. The molecule has 1 rings (SSSR count). The van der Waals surface area contributed by atoms with Gasteiger partial charge in [0.05, 0.1) is 5.41 Å². The average Bonchev–Trinajstić information content (AvgIpc) is 2.66. The van der Waals surface area contributed by atoms with E-state index < -0.39 is 17.4 Å². The Morgan fingerprint density at radius 1 is 1.60 bits per heavy atom. The largest absolute Gasteiger partial charge is 0.480 e. The van der Waals surface area contributed by atoms with Crippen LogP contribution in [-0.2, 0) is 9.59 Å². The number of nitrogens with one attached hydrogen (secondary N) is 2. The summed E-state index contributed by atoms with van der Waals surface area (Å²) in [6.45, 7) is 4.90. The summed E-state index contributed by atoms with van der Waals surface area (Å²) in [7, 11) is 0. The Bertz CT molecular complexity index is 259. The van der Waals surface area contributed by atoms with E-state index in [1.807, 2.05) is 6.92 Å². The lowest BCUT2D eigenvalue weighted by Crippen LogP contribution is -2.48. The molecule has 0 saturated carbocycles. The minimum atomic E-state index is -0.999. The zero-order chi connectivity index (χ0) is 11.5. The fraction of sp³-hybridized carbons (Fsp3) is 0.800. The van der Waals surface area contributed by atoms with Gasteiger partial charge >= 0.3 is 5.97 Å². The van der Waals surface area contributed by atoms with Gasteiger partial charge in [-0.1, -0.05) is 6.92 Å². The average molecular weight is 214 g/mol. The molecule has 0 aromatic heterocycles. The monoisotopic (exact) mass is 214 g/mol. The molecule has 5 nitrogen and oxygen atoms in total. The molecule has 15 heavy (non-hydrogen) atoms. The van der Waals surface area contributed by atoms with Crippen LogP contribution in [0.15, 0.2) is 0 Å². The van der Waals surface area contributed by atoms with Crippen molar-refractivity contribution in [2.75, 3.05) is 13.1 Å². The summed E-state index contributed by atoms with van der Waals surface area (Å²) in [5, 5.41) is 14.4. The molecule has 0 bridgehead atoms. The van der Waals surface area contributed by atoms with Crippen LogP contribution in [0.3, 0.4) is 0 Å². The first-order valence-electron chi connectivity index (χ1n) is 5.26. The maximum atomic E-state index is 11.9. The molecule has 1 amide bonds. The molecule has 1 unspecified atom stereocenters. The second-order valence-electron chi connectivity index (χ2n) is 4.09. The molecule has 0 radical (unpaired) electrons. The molecule has 0 aliphatic carbocycles. The Balaban J connectivity index is 2.62. The van der Waals surface area contributed by atoms with E-state index in [0.29, 0.717) is 6.54 Å². The van der Waals surface area contributed by atoms with E-state index in [1.54, 1.807) is 0 Å². The number of hydrogen-bond acceptors (Lipinski definition) is 3. The first kappa shape index (κ1) is 12.0. The Morgan fingerprint density at radius 3 is 2.67 bits per heavy atom. The van der Waals surface area contributed by atoms with Crippen LogP contribution in [0.4, 0.5) is 0 Å². The van der Waals surface area contributed by atoms with Crippen molar-refractivity contribution in [1.82, 2.24) is 10.6 Å². The standard InChI is InChI=1S/C10H18N2O3/c1-3-10(4-5-11-6-10)9(15)12-7(2)8(13)14/h7,11H,3-6H2,1-2H3,(H,12,15)(H,13,14)/t7-,10?/m1/s1. The second-order valence-corrected chi connectivity index (χ2v) is 4.09. The number of carboxylic acid groups (broad SMARTS) is 1. The minimum Gasteiger partial charge on any atom is -0.480 e. The summed E-state index contributed by atoms with van der Waals surface area (Å²) in [5.74, 6) is -1.15. The number of carbonyl (C=O) groups excluding carboxylic acids is 1. The number of rotatable bonds is 4. The maximum Gasteiger partial charge on any atom is 0.325 e. The van der Waals surface area contributed by atoms with E-state index >= 15 is 0 Å². The summed E-state index contributed by atoms with van der Waals surface area (Å²) in [4.78, 5) is 22.5. The van der Waals surface area contributed by atoms with E-state index in [2.05, 4.69) is 10.6 Å². The zero-order valence-corrected chi connectivity index (χ0v) is 9.17. The highest BCUT2D eigenvalue weighted by molar-refractivity contribution is 5.87. The second kappa shape index (κ2) is 4.61. The molecule has 1 fully saturated rings. The van der Waals surface area contributed by atoms with Gasteiger partial charge in [-0.2, -0.15) is 0 Å². The Morgan fingerprint density at radius 2 is 2.27 bits per heavy atom. The highest BCUT2D eigenvalue weighted by atomic mass is 16.4. The molecule has 3 N–H and O–H groups in total. The minimum absolute atomic E-state index is 0.148. The Hall–Kier alpha value is -1.10. The van der Waals surface area contributed by atoms with Crippen LogP contribution in [0.25, 0.3) is 0 Å². The van der Waals surface area contributed by atoms with E-state index in [9.17, 15) is 9.59 Å². The van der Waals surface area contributed by atoms with Crippen LogP contribution < -0.4 is 10.6 Å². The quantitative estimate of drug-likeness (QED) is 0.614. The highest BCUT2D eigenvalue weighted by Crippen LogP contribution is 2.29. The lowest BCUT2D eigenvalue weighted by molar-refractivity contribution is -0.143. The third-order valence-electron chi connectivity index (χ3n) is 3.12. The first-order chi connectivity index (χ1) is 7.02. The summed E-state index contributed by atoms with van der Waals surface area (Å²) in [6.07, 6.45) is 1.51. The van der Waals surface area contributed by atoms with Crippen molar-refractivity contribution in [2.24, 2.45) is 5.41 Å². The van der Waals surface area contributed by atoms with Gasteiger partial charge in [0.25, 0.3) is 0 Å². The summed E-state index contributed by atoms with van der Waals surface area (Å²) < 4.78 is 0. The summed E-state index contributed by atoms with van der Waals surface area (Å²) >= 11 is 0. The van der Waals surface area contributed by atoms with Gasteiger partial charge in [0, 0.05) is 6.54 Å². The fourth-order valence-electron chi connectivity index (χ4n) is 1.81. The topological polar surface area (TPSA) is 78.4 Å². The normalized spacial score (nSPS) is 27.3. The molecule has 5 heteroatoms. The lowest BCUT2D eigenvalue weighted by Gasteiger charge is -2.26. The van der Waals surface area contributed by atoms with Crippen molar-refractivity contribution >= 4 is 11.9 Å². The molecule has 0 aromatic rings. The van der Waals surface area contributed by atoms with E-state index in [0.717, 1.165) is 19.4 Å². The number of carbonyl (C=O) groups is 2. The summed E-state index contributed by atoms with van der Waals surface area (Å²) in [5.41, 5.74) is -0.413. The molecule has 0 aromatic carbocycles. The van der Waals surface area contributed by atoms with Gasteiger partial charge in [0.2, 0.25) is 5.91 Å². The van der Waals surface area contributed by atoms with Gasteiger partial charge in [-0.15, -0.1) is 0 Å². The summed E-state index contributed by atoms with van der Waals surface area (Å²) in [6, 6.07) is -0.818. The Labute approximate surface area is 89.2 Å². The van der Waals surface area contributed by atoms with Crippen LogP contribution in [-0.4, -0.2) is 36.1 Å². The van der Waals surface area contributed by atoms with E-state index in [-0.39, 0.29) is 5.91 Å². The third kappa shape index (κ3) is 2.47. The molecule has 2 atom stereocenters. The van der Waals surface area contributed by atoms with Crippen molar-refractivity contribution in [1.29, 1.82) is 0 Å². The SMILES string of the molecule is CCC1(C(=O)N[C@H](C)C(=O)O)CCNC1. The van der Waals surface area contributed by atoms with Crippen LogP contribution in [0.1, 0.15) is 26.7 Å².